The quantitative estimate of drug-likeness (QED) is 0.264. The molecular formula is C23H30N6O4. The first-order valence-electron chi connectivity index (χ1n) is 10.8. The third-order valence-electron chi connectivity index (χ3n) is 5.35. The van der Waals surface area contributed by atoms with Crippen molar-refractivity contribution in [3.05, 3.63) is 52.7 Å². The van der Waals surface area contributed by atoms with Gasteiger partial charge in [0.1, 0.15) is 17.3 Å². The van der Waals surface area contributed by atoms with E-state index in [1.807, 2.05) is 19.9 Å². The summed E-state index contributed by atoms with van der Waals surface area (Å²) >= 11 is 0. The Morgan fingerprint density at radius 2 is 2.06 bits per heavy atom. The van der Waals surface area contributed by atoms with Crippen molar-refractivity contribution in [3.63, 3.8) is 0 Å². The van der Waals surface area contributed by atoms with E-state index in [0.717, 1.165) is 11.1 Å². The van der Waals surface area contributed by atoms with Crippen LogP contribution in [0.1, 0.15) is 48.0 Å². The first kappa shape index (κ1) is 24.0. The number of nitrogens with two attached hydrogens (primary N) is 1. The lowest BCUT2D eigenvalue weighted by atomic mass is 9.96. The van der Waals surface area contributed by atoms with Gasteiger partial charge in [-0.15, -0.1) is 0 Å². The number of amidine groups is 1. The van der Waals surface area contributed by atoms with E-state index in [-0.39, 0.29) is 23.8 Å². The number of pyridine rings is 1. The largest absolute Gasteiger partial charge is 0.496 e. The second-order valence-electron chi connectivity index (χ2n) is 7.90. The third kappa shape index (κ3) is 5.40. The minimum atomic E-state index is -0.410. The molecule has 1 aromatic carbocycles. The van der Waals surface area contributed by atoms with Gasteiger partial charge in [-0.3, -0.25) is 15.2 Å². The third-order valence-corrected chi connectivity index (χ3v) is 5.35. The second kappa shape index (κ2) is 10.3. The van der Waals surface area contributed by atoms with Gasteiger partial charge in [-0.1, -0.05) is 6.07 Å². The van der Waals surface area contributed by atoms with Crippen molar-refractivity contribution in [1.82, 2.24) is 14.9 Å². The SMILES string of the molecule is CCOC(=O)N1CCc2cc(OC)c(C(=O)Nc3cccc(C(=N)N(N)C(C)C)n3)cc2C1. The summed E-state index contributed by atoms with van der Waals surface area (Å²) in [7, 11) is 1.51. The molecule has 0 saturated heterocycles. The fourth-order valence-corrected chi connectivity index (χ4v) is 3.51. The van der Waals surface area contributed by atoms with Gasteiger partial charge in [-0.05, 0) is 62.6 Å². The Hall–Kier alpha value is -3.66. The lowest BCUT2D eigenvalue weighted by Gasteiger charge is -2.28. The number of hydrogen-bond donors (Lipinski definition) is 3. The van der Waals surface area contributed by atoms with Crippen LogP contribution in [0.3, 0.4) is 0 Å². The van der Waals surface area contributed by atoms with E-state index < -0.39 is 5.91 Å². The van der Waals surface area contributed by atoms with Crippen molar-refractivity contribution >= 4 is 23.7 Å². The number of fused-ring (bicyclic) bond motifs is 1. The molecule has 0 unspecified atom stereocenters. The van der Waals surface area contributed by atoms with Gasteiger partial charge in [0.05, 0.1) is 19.3 Å². The molecule has 2 heterocycles. The van der Waals surface area contributed by atoms with E-state index >= 15 is 0 Å². The van der Waals surface area contributed by atoms with Gasteiger partial charge in [-0.25, -0.2) is 15.6 Å². The molecule has 1 aliphatic heterocycles. The lowest BCUT2D eigenvalue weighted by Crippen LogP contribution is -2.43. The first-order valence-corrected chi connectivity index (χ1v) is 10.8. The molecule has 0 fully saturated rings. The van der Waals surface area contributed by atoms with Crippen LogP contribution in [0, 0.1) is 5.41 Å². The summed E-state index contributed by atoms with van der Waals surface area (Å²) in [5.74, 6) is 6.28. The number of nitrogens with one attached hydrogen (secondary N) is 2. The molecule has 2 amide bonds. The van der Waals surface area contributed by atoms with Crippen LogP contribution in [0.4, 0.5) is 10.6 Å². The van der Waals surface area contributed by atoms with Gasteiger partial charge in [0.25, 0.3) is 5.91 Å². The lowest BCUT2D eigenvalue weighted by molar-refractivity contribution is 0.102. The molecule has 0 radical (unpaired) electrons. The molecule has 176 valence electrons. The number of carbonyl (C=O) groups is 2. The average Bonchev–Trinajstić information content (AvgIpc) is 2.81. The molecule has 1 aromatic heterocycles. The van der Waals surface area contributed by atoms with Crippen LogP contribution in [0.2, 0.25) is 0 Å². The van der Waals surface area contributed by atoms with Crippen LogP contribution in [0.25, 0.3) is 0 Å². The summed E-state index contributed by atoms with van der Waals surface area (Å²) in [6, 6.07) is 8.48. The minimum absolute atomic E-state index is 0.0477. The number of benzene rings is 1. The van der Waals surface area contributed by atoms with E-state index in [4.69, 9.17) is 20.7 Å². The van der Waals surface area contributed by atoms with E-state index in [1.165, 1.54) is 12.1 Å². The van der Waals surface area contributed by atoms with Crippen LogP contribution in [-0.2, 0) is 17.7 Å². The van der Waals surface area contributed by atoms with Gasteiger partial charge in [0.15, 0.2) is 5.84 Å². The highest BCUT2D eigenvalue weighted by molar-refractivity contribution is 6.06. The van der Waals surface area contributed by atoms with Crippen molar-refractivity contribution in [2.45, 2.75) is 39.8 Å². The number of carbonyl (C=O) groups excluding carboxylic acids is 2. The van der Waals surface area contributed by atoms with E-state index in [1.54, 1.807) is 36.1 Å². The number of anilines is 1. The average molecular weight is 455 g/mol. The van der Waals surface area contributed by atoms with Crippen LogP contribution >= 0.6 is 0 Å². The molecule has 3 rings (SSSR count). The topological polar surface area (TPSA) is 134 Å². The van der Waals surface area contributed by atoms with Crippen LogP contribution < -0.4 is 15.9 Å². The number of methoxy groups -OCH3 is 1. The molecule has 4 N–H and O–H groups in total. The summed E-state index contributed by atoms with van der Waals surface area (Å²) in [5.41, 5.74) is 2.55. The van der Waals surface area contributed by atoms with Crippen molar-refractivity contribution in [1.29, 1.82) is 5.41 Å². The van der Waals surface area contributed by atoms with Gasteiger partial charge in [-0.2, -0.15) is 0 Å². The zero-order chi connectivity index (χ0) is 24.1. The Labute approximate surface area is 193 Å². The Balaban J connectivity index is 1.83. The Kier molecular flexibility index (Phi) is 7.49. The van der Waals surface area contributed by atoms with Crippen molar-refractivity contribution in [3.8, 4) is 5.75 Å². The Bertz CT molecular complexity index is 1060. The zero-order valence-corrected chi connectivity index (χ0v) is 19.3. The maximum Gasteiger partial charge on any atom is 0.410 e. The molecule has 10 heteroatoms. The van der Waals surface area contributed by atoms with Crippen molar-refractivity contribution < 1.29 is 19.1 Å². The Morgan fingerprint density at radius 3 is 2.73 bits per heavy atom. The molecule has 10 nitrogen and oxygen atoms in total. The number of ether oxygens (including phenoxy) is 2. The molecule has 0 saturated carbocycles. The number of amides is 2. The monoisotopic (exact) mass is 454 g/mol. The van der Waals surface area contributed by atoms with Crippen molar-refractivity contribution in [2.24, 2.45) is 5.84 Å². The zero-order valence-electron chi connectivity index (χ0n) is 19.3. The Morgan fingerprint density at radius 1 is 1.30 bits per heavy atom. The summed E-state index contributed by atoms with van der Waals surface area (Å²) in [4.78, 5) is 31.2. The van der Waals surface area contributed by atoms with E-state index in [2.05, 4.69) is 10.3 Å². The van der Waals surface area contributed by atoms with E-state index in [9.17, 15) is 9.59 Å². The number of aromatic nitrogens is 1. The molecule has 0 spiro atoms. The number of hydrazine groups is 1. The van der Waals surface area contributed by atoms with Gasteiger partial charge < -0.3 is 19.7 Å². The highest BCUT2D eigenvalue weighted by atomic mass is 16.6. The number of nitrogens with zero attached hydrogens (tertiary/aromatic N) is 3. The maximum absolute atomic E-state index is 13.1. The highest BCUT2D eigenvalue weighted by Gasteiger charge is 2.25. The van der Waals surface area contributed by atoms with Gasteiger partial charge >= 0.3 is 6.09 Å². The summed E-state index contributed by atoms with van der Waals surface area (Å²) < 4.78 is 10.6. The summed E-state index contributed by atoms with van der Waals surface area (Å²) in [6.07, 6.45) is 0.271. The first-order chi connectivity index (χ1) is 15.7. The van der Waals surface area contributed by atoms with Crippen LogP contribution in [-0.4, -0.2) is 59.0 Å². The molecule has 33 heavy (non-hydrogen) atoms. The highest BCUT2D eigenvalue weighted by Crippen LogP contribution is 2.29. The minimum Gasteiger partial charge on any atom is -0.496 e. The van der Waals surface area contributed by atoms with Crippen molar-refractivity contribution in [2.75, 3.05) is 25.6 Å². The second-order valence-corrected chi connectivity index (χ2v) is 7.90. The van der Waals surface area contributed by atoms with Crippen LogP contribution in [0.15, 0.2) is 30.3 Å². The molecule has 2 aromatic rings. The fraction of sp³-hybridized carbons (Fsp3) is 0.391. The van der Waals surface area contributed by atoms with Gasteiger partial charge in [0.2, 0.25) is 0 Å². The summed E-state index contributed by atoms with van der Waals surface area (Å²) in [5, 5.41) is 12.3. The standard InChI is InChI=1S/C23H30N6O4/c1-5-33-23(31)28-10-9-15-12-19(32-4)17(11-16(15)13-28)22(30)27-20-8-6-7-18(26-20)21(24)29(25)14(2)3/h6-8,11-12,14,24H,5,9-10,13,25H2,1-4H3,(H,26,27,30). The maximum atomic E-state index is 13.1. The molecule has 0 aliphatic carbocycles. The predicted octanol–water partition coefficient (Wildman–Crippen LogP) is 2.77. The molecular weight excluding hydrogens is 424 g/mol. The molecule has 0 atom stereocenters. The molecule has 0 bridgehead atoms. The fourth-order valence-electron chi connectivity index (χ4n) is 3.51. The van der Waals surface area contributed by atoms with Gasteiger partial charge in [0, 0.05) is 19.1 Å². The summed E-state index contributed by atoms with van der Waals surface area (Å²) in [6.45, 7) is 6.70. The van der Waals surface area contributed by atoms with E-state index in [0.29, 0.717) is 43.1 Å². The number of hydrogen-bond acceptors (Lipinski definition) is 7. The predicted molar refractivity (Wildman–Crippen MR) is 124 cm³/mol. The smallest absolute Gasteiger partial charge is 0.410 e. The van der Waals surface area contributed by atoms with Crippen LogP contribution in [0.5, 0.6) is 5.75 Å². The number of rotatable bonds is 6. The molecule has 1 aliphatic rings. The normalized spacial score (nSPS) is 12.7.